The molecule has 0 spiro atoms. The van der Waals surface area contributed by atoms with Crippen molar-refractivity contribution in [2.45, 2.75) is 6.92 Å². The van der Waals surface area contributed by atoms with Crippen LogP contribution >= 0.6 is 31.9 Å². The molecule has 2 aromatic carbocycles. The predicted octanol–water partition coefficient (Wildman–Crippen LogP) is 4.70. The molecule has 3 rings (SSSR count). The van der Waals surface area contributed by atoms with Gasteiger partial charge in [0.25, 0.3) is 17.3 Å². The second kappa shape index (κ2) is 7.72. The van der Waals surface area contributed by atoms with E-state index in [4.69, 9.17) is 4.42 Å². The van der Waals surface area contributed by atoms with Crippen LogP contribution in [0, 0.1) is 27.2 Å². The molecule has 0 saturated heterocycles. The minimum atomic E-state index is -0.947. The van der Waals surface area contributed by atoms with Gasteiger partial charge in [0.15, 0.2) is 5.58 Å². The van der Waals surface area contributed by atoms with Gasteiger partial charge in [-0.25, -0.2) is 4.79 Å². The van der Waals surface area contributed by atoms with E-state index < -0.39 is 32.8 Å². The summed E-state index contributed by atoms with van der Waals surface area (Å²) in [6.07, 6.45) is 0. The number of halogens is 2. The number of rotatable bonds is 4. The molecule has 148 valence electrons. The van der Waals surface area contributed by atoms with E-state index in [1.165, 1.54) is 13.0 Å². The van der Waals surface area contributed by atoms with Crippen molar-refractivity contribution in [1.82, 2.24) is 0 Å². The van der Waals surface area contributed by atoms with E-state index in [0.29, 0.717) is 14.3 Å². The fraction of sp³-hybridized carbons (Fsp3) is 0.0588. The summed E-state index contributed by atoms with van der Waals surface area (Å²) in [5, 5.41) is 25.0. The Balaban J connectivity index is 2.09. The number of carbonyl (C=O) groups is 1. The van der Waals surface area contributed by atoms with Crippen molar-refractivity contribution in [3.05, 3.63) is 81.1 Å². The topological polar surface area (TPSA) is 146 Å². The molecular weight excluding hydrogens is 518 g/mol. The Morgan fingerprint density at radius 3 is 2.38 bits per heavy atom. The van der Waals surface area contributed by atoms with E-state index in [2.05, 4.69) is 37.2 Å². The summed E-state index contributed by atoms with van der Waals surface area (Å²) < 4.78 is 6.35. The molecule has 0 aliphatic heterocycles. The number of nitro groups is 2. The molecule has 12 heteroatoms. The van der Waals surface area contributed by atoms with Crippen molar-refractivity contribution in [3.8, 4) is 0 Å². The molecule has 1 aromatic heterocycles. The average Bonchev–Trinajstić information content (AvgIpc) is 2.62. The Kier molecular flexibility index (Phi) is 5.48. The first kappa shape index (κ1) is 20.6. The smallest absolute Gasteiger partial charge is 0.349 e. The third-order valence-electron chi connectivity index (χ3n) is 3.94. The van der Waals surface area contributed by atoms with E-state index in [1.807, 2.05) is 0 Å². The Hall–Kier alpha value is -3.12. The number of hydrogen-bond donors (Lipinski definition) is 1. The number of amides is 1. The summed E-state index contributed by atoms with van der Waals surface area (Å²) in [6, 6.07) is 6.39. The normalized spacial score (nSPS) is 10.7. The number of carbonyl (C=O) groups excluding carboxylic acids is 1. The number of hydrogen-bond acceptors (Lipinski definition) is 7. The lowest BCUT2D eigenvalue weighted by Crippen LogP contribution is -2.21. The first-order valence-corrected chi connectivity index (χ1v) is 9.34. The summed E-state index contributed by atoms with van der Waals surface area (Å²) in [5.74, 6) is -0.947. The van der Waals surface area contributed by atoms with Gasteiger partial charge < -0.3 is 9.73 Å². The van der Waals surface area contributed by atoms with Crippen LogP contribution in [-0.2, 0) is 0 Å². The maximum atomic E-state index is 12.6. The van der Waals surface area contributed by atoms with Crippen molar-refractivity contribution in [2.75, 3.05) is 5.32 Å². The van der Waals surface area contributed by atoms with Gasteiger partial charge in [-0.05, 0) is 46.6 Å². The van der Waals surface area contributed by atoms with Crippen molar-refractivity contribution in [3.63, 3.8) is 0 Å². The fourth-order valence-corrected chi connectivity index (χ4v) is 4.00. The van der Waals surface area contributed by atoms with Gasteiger partial charge in [-0.2, -0.15) is 0 Å². The van der Waals surface area contributed by atoms with Crippen molar-refractivity contribution in [2.24, 2.45) is 0 Å². The summed E-state index contributed by atoms with van der Waals surface area (Å²) in [7, 11) is 0. The maximum Gasteiger partial charge on any atom is 0.349 e. The molecule has 29 heavy (non-hydrogen) atoms. The SMILES string of the molecule is Cc1cc([N+](=O)[O-])cc([N+](=O)[O-])c1NC(=O)c1cc2cc(Br)cc(Br)c2oc1=O. The van der Waals surface area contributed by atoms with E-state index in [1.54, 1.807) is 12.1 Å². The Morgan fingerprint density at radius 2 is 1.76 bits per heavy atom. The number of non-ortho nitro benzene ring substituents is 1. The first-order chi connectivity index (χ1) is 13.6. The number of nitro benzene ring substituents is 2. The summed E-state index contributed by atoms with van der Waals surface area (Å²) >= 11 is 6.55. The van der Waals surface area contributed by atoms with E-state index >= 15 is 0 Å². The number of fused-ring (bicyclic) bond motifs is 1. The monoisotopic (exact) mass is 525 g/mol. The molecule has 0 fully saturated rings. The van der Waals surface area contributed by atoms with Crippen LogP contribution in [0.4, 0.5) is 17.1 Å². The van der Waals surface area contributed by atoms with E-state index in [-0.39, 0.29) is 22.4 Å². The second-order valence-electron chi connectivity index (χ2n) is 5.88. The third kappa shape index (κ3) is 4.03. The zero-order valence-corrected chi connectivity index (χ0v) is 17.6. The zero-order valence-electron chi connectivity index (χ0n) is 14.4. The molecule has 0 aliphatic rings. The minimum absolute atomic E-state index is 0.0925. The number of aryl methyl sites for hydroxylation is 1. The lowest BCUT2D eigenvalue weighted by atomic mass is 10.1. The summed E-state index contributed by atoms with van der Waals surface area (Å²) in [5.41, 5.74) is -2.41. The van der Waals surface area contributed by atoms with Gasteiger partial charge in [0.05, 0.1) is 20.4 Å². The van der Waals surface area contributed by atoms with Gasteiger partial charge in [-0.1, -0.05) is 15.9 Å². The van der Waals surface area contributed by atoms with Crippen LogP contribution in [0.3, 0.4) is 0 Å². The molecule has 1 heterocycles. The zero-order chi connectivity index (χ0) is 21.5. The minimum Gasteiger partial charge on any atom is -0.421 e. The Bertz CT molecular complexity index is 1270. The van der Waals surface area contributed by atoms with E-state index in [9.17, 15) is 29.8 Å². The van der Waals surface area contributed by atoms with Crippen LogP contribution in [-0.4, -0.2) is 15.8 Å². The van der Waals surface area contributed by atoms with Crippen molar-refractivity contribution < 1.29 is 19.1 Å². The van der Waals surface area contributed by atoms with Gasteiger partial charge in [-0.3, -0.25) is 25.0 Å². The molecule has 3 aromatic rings. The summed E-state index contributed by atoms with van der Waals surface area (Å²) in [4.78, 5) is 45.5. The van der Waals surface area contributed by atoms with Crippen LogP contribution in [0.5, 0.6) is 0 Å². The van der Waals surface area contributed by atoms with Gasteiger partial charge >= 0.3 is 5.63 Å². The number of nitrogens with zero attached hydrogens (tertiary/aromatic N) is 2. The number of nitrogens with one attached hydrogen (secondary N) is 1. The molecule has 0 bridgehead atoms. The molecule has 1 amide bonds. The molecule has 1 N–H and O–H groups in total. The highest BCUT2D eigenvalue weighted by Crippen LogP contribution is 2.33. The summed E-state index contributed by atoms with van der Waals surface area (Å²) in [6.45, 7) is 1.37. The van der Waals surface area contributed by atoms with Gasteiger partial charge in [-0.15, -0.1) is 0 Å². The Labute approximate surface area is 178 Å². The lowest BCUT2D eigenvalue weighted by Gasteiger charge is -2.09. The molecule has 0 atom stereocenters. The van der Waals surface area contributed by atoms with Crippen LogP contribution in [0.15, 0.2) is 48.5 Å². The largest absolute Gasteiger partial charge is 0.421 e. The highest BCUT2D eigenvalue weighted by atomic mass is 79.9. The standard InChI is InChI=1S/C17H9Br2N3O7/c1-7-2-10(21(25)26)6-13(22(27)28)14(7)20-16(23)11-4-8-3-9(18)5-12(19)15(8)29-17(11)24/h2-6H,1H3,(H,20,23). The third-order valence-corrected chi connectivity index (χ3v) is 4.99. The predicted molar refractivity (Wildman–Crippen MR) is 110 cm³/mol. The average molecular weight is 527 g/mol. The van der Waals surface area contributed by atoms with Gasteiger partial charge in [0.1, 0.15) is 11.3 Å². The molecular formula is C17H9Br2N3O7. The van der Waals surface area contributed by atoms with Crippen LogP contribution < -0.4 is 10.9 Å². The van der Waals surface area contributed by atoms with Gasteiger partial charge in [0.2, 0.25) is 0 Å². The molecule has 0 radical (unpaired) electrons. The number of benzene rings is 2. The first-order valence-electron chi connectivity index (χ1n) is 7.76. The Morgan fingerprint density at radius 1 is 1.07 bits per heavy atom. The molecule has 0 unspecified atom stereocenters. The fourth-order valence-electron chi connectivity index (χ4n) is 2.66. The van der Waals surface area contributed by atoms with Crippen molar-refractivity contribution in [1.29, 1.82) is 0 Å². The van der Waals surface area contributed by atoms with Gasteiger partial charge in [0, 0.05) is 15.9 Å². The maximum absolute atomic E-state index is 12.6. The molecule has 0 saturated carbocycles. The number of anilines is 1. The van der Waals surface area contributed by atoms with Crippen LogP contribution in [0.25, 0.3) is 11.0 Å². The molecule has 10 nitrogen and oxygen atoms in total. The second-order valence-corrected chi connectivity index (χ2v) is 7.65. The highest BCUT2D eigenvalue weighted by Gasteiger charge is 2.25. The van der Waals surface area contributed by atoms with E-state index in [0.717, 1.165) is 12.1 Å². The molecule has 0 aliphatic carbocycles. The van der Waals surface area contributed by atoms with Crippen LogP contribution in [0.1, 0.15) is 15.9 Å². The van der Waals surface area contributed by atoms with Crippen LogP contribution in [0.2, 0.25) is 0 Å². The van der Waals surface area contributed by atoms with Crippen molar-refractivity contribution >= 4 is 65.8 Å². The highest BCUT2D eigenvalue weighted by molar-refractivity contribution is 9.11. The quantitative estimate of drug-likeness (QED) is 0.294. The lowest BCUT2D eigenvalue weighted by molar-refractivity contribution is -0.393.